The van der Waals surface area contributed by atoms with Crippen LogP contribution in [0.15, 0.2) is 30.3 Å². The van der Waals surface area contributed by atoms with Crippen molar-refractivity contribution in [2.24, 2.45) is 0 Å². The molecule has 0 bridgehead atoms. The summed E-state index contributed by atoms with van der Waals surface area (Å²) in [5.41, 5.74) is 1.41. The minimum atomic E-state index is -0.702. The van der Waals surface area contributed by atoms with Gasteiger partial charge in [-0.25, -0.2) is 0 Å². The lowest BCUT2D eigenvalue weighted by Crippen LogP contribution is -2.49. The van der Waals surface area contributed by atoms with E-state index < -0.39 is 6.10 Å². The zero-order valence-corrected chi connectivity index (χ0v) is 20.2. The van der Waals surface area contributed by atoms with Crippen molar-refractivity contribution in [3.63, 3.8) is 0 Å². The molecule has 0 aromatic heterocycles. The Morgan fingerprint density at radius 2 is 2.00 bits per heavy atom. The van der Waals surface area contributed by atoms with Crippen LogP contribution in [-0.4, -0.2) is 61.0 Å². The quantitative estimate of drug-likeness (QED) is 0.601. The summed E-state index contributed by atoms with van der Waals surface area (Å²) in [6.07, 6.45) is 1.93. The smallest absolute Gasteiger partial charge is 0.221 e. The van der Waals surface area contributed by atoms with E-state index >= 15 is 0 Å². The van der Waals surface area contributed by atoms with Crippen LogP contribution in [-0.2, 0) is 11.2 Å². The monoisotopic (exact) mass is 494 g/mol. The van der Waals surface area contributed by atoms with Crippen molar-refractivity contribution < 1.29 is 24.1 Å². The van der Waals surface area contributed by atoms with E-state index in [1.54, 1.807) is 12.1 Å². The number of piperidine rings is 1. The minimum absolute atomic E-state index is 0.0689. The number of carbonyl (C=O) groups is 1. The first kappa shape index (κ1) is 24.0. The van der Waals surface area contributed by atoms with Crippen molar-refractivity contribution in [1.29, 1.82) is 0 Å². The lowest BCUT2D eigenvalue weighted by molar-refractivity contribution is -0.114. The van der Waals surface area contributed by atoms with Gasteiger partial charge in [0.15, 0.2) is 0 Å². The SMILES string of the molecule is COc1cc(OC[C@@H](O)CN2CCC3(CC2)Cc2cc(Cl)ccc2O3)c(NC(C)=O)cc1Cl. The van der Waals surface area contributed by atoms with Crippen LogP contribution in [0.1, 0.15) is 25.3 Å². The second-order valence-electron chi connectivity index (χ2n) is 8.64. The number of rotatable bonds is 7. The lowest BCUT2D eigenvalue weighted by Gasteiger charge is -2.39. The van der Waals surface area contributed by atoms with Gasteiger partial charge in [-0.1, -0.05) is 23.2 Å². The summed E-state index contributed by atoms with van der Waals surface area (Å²) in [7, 11) is 1.50. The Labute approximate surface area is 203 Å². The molecule has 2 aromatic rings. The van der Waals surface area contributed by atoms with Gasteiger partial charge in [0.1, 0.15) is 35.6 Å². The number of likely N-dealkylation sites (tertiary alicyclic amines) is 1. The number of fused-ring (bicyclic) bond motifs is 1. The van der Waals surface area contributed by atoms with Crippen molar-refractivity contribution in [3.05, 3.63) is 45.9 Å². The predicted octanol–water partition coefficient (Wildman–Crippen LogP) is 4.17. The molecule has 178 valence electrons. The topological polar surface area (TPSA) is 80.3 Å². The number of nitrogens with zero attached hydrogens (tertiary/aromatic N) is 1. The normalized spacial score (nSPS) is 17.8. The number of hydrogen-bond acceptors (Lipinski definition) is 6. The molecule has 9 heteroatoms. The van der Waals surface area contributed by atoms with Crippen molar-refractivity contribution in [1.82, 2.24) is 4.90 Å². The van der Waals surface area contributed by atoms with E-state index in [1.807, 2.05) is 18.2 Å². The van der Waals surface area contributed by atoms with Crippen LogP contribution in [0.5, 0.6) is 17.2 Å². The third-order valence-corrected chi connectivity index (χ3v) is 6.62. The molecule has 1 fully saturated rings. The van der Waals surface area contributed by atoms with E-state index in [0.29, 0.717) is 28.8 Å². The Kier molecular flexibility index (Phi) is 7.24. The Bertz CT molecular complexity index is 1020. The standard InChI is InChI=1S/C24H28Cl2N2O5/c1-15(29)27-20-10-19(26)22(31-2)11-23(20)32-14-18(30)13-28-7-5-24(6-8-28)12-16-9-17(25)3-4-21(16)33-24/h3-4,9-11,18,30H,5-8,12-14H2,1-2H3,(H,27,29)/t18-/m0/s1. The van der Waals surface area contributed by atoms with Crippen LogP contribution in [0.4, 0.5) is 5.69 Å². The van der Waals surface area contributed by atoms with Crippen molar-refractivity contribution in [3.8, 4) is 17.2 Å². The third-order valence-electron chi connectivity index (χ3n) is 6.09. The van der Waals surface area contributed by atoms with E-state index in [9.17, 15) is 9.90 Å². The maximum absolute atomic E-state index is 11.5. The maximum atomic E-state index is 11.5. The summed E-state index contributed by atoms with van der Waals surface area (Å²) in [6.45, 7) is 3.60. The Balaban J connectivity index is 1.30. The summed E-state index contributed by atoms with van der Waals surface area (Å²) < 4.78 is 17.3. The van der Waals surface area contributed by atoms with Gasteiger partial charge in [-0.3, -0.25) is 4.79 Å². The van der Waals surface area contributed by atoms with Crippen LogP contribution in [0.3, 0.4) is 0 Å². The number of hydrogen-bond donors (Lipinski definition) is 2. The molecule has 0 radical (unpaired) electrons. The Morgan fingerprint density at radius 3 is 2.70 bits per heavy atom. The number of nitrogens with one attached hydrogen (secondary N) is 1. The average molecular weight is 495 g/mol. The van der Waals surface area contributed by atoms with Crippen LogP contribution in [0, 0.1) is 0 Å². The summed E-state index contributed by atoms with van der Waals surface area (Å²) in [5, 5.41) is 14.4. The highest BCUT2D eigenvalue weighted by Gasteiger charge is 2.42. The number of carbonyl (C=O) groups excluding carboxylic acids is 1. The molecular weight excluding hydrogens is 467 g/mol. The molecule has 1 atom stereocenters. The van der Waals surface area contributed by atoms with E-state index in [-0.39, 0.29) is 18.1 Å². The van der Waals surface area contributed by atoms with Gasteiger partial charge in [0.05, 0.1) is 17.8 Å². The van der Waals surface area contributed by atoms with Gasteiger partial charge in [-0.2, -0.15) is 0 Å². The number of ether oxygens (including phenoxy) is 3. The molecule has 0 aliphatic carbocycles. The molecule has 2 aliphatic rings. The second kappa shape index (κ2) is 9.97. The highest BCUT2D eigenvalue weighted by atomic mass is 35.5. The van der Waals surface area contributed by atoms with Crippen molar-refractivity contribution in [2.45, 2.75) is 37.9 Å². The zero-order chi connectivity index (χ0) is 23.6. The van der Waals surface area contributed by atoms with Crippen LogP contribution >= 0.6 is 23.2 Å². The number of amides is 1. The fraction of sp³-hybridized carbons (Fsp3) is 0.458. The largest absolute Gasteiger partial charge is 0.495 e. The molecule has 1 spiro atoms. The average Bonchev–Trinajstić information content (AvgIpc) is 3.11. The van der Waals surface area contributed by atoms with Crippen molar-refractivity contribution >= 4 is 34.8 Å². The minimum Gasteiger partial charge on any atom is -0.495 e. The number of aliphatic hydroxyl groups excluding tert-OH is 1. The van der Waals surface area contributed by atoms with Gasteiger partial charge in [0.2, 0.25) is 5.91 Å². The van der Waals surface area contributed by atoms with E-state index in [4.69, 9.17) is 37.4 Å². The highest BCUT2D eigenvalue weighted by Crippen LogP contribution is 2.42. The highest BCUT2D eigenvalue weighted by molar-refractivity contribution is 6.32. The Hall–Kier alpha value is -2.19. The number of anilines is 1. The molecule has 1 amide bonds. The van der Waals surface area contributed by atoms with E-state index in [1.165, 1.54) is 14.0 Å². The van der Waals surface area contributed by atoms with Crippen LogP contribution < -0.4 is 19.5 Å². The van der Waals surface area contributed by atoms with Gasteiger partial charge in [0, 0.05) is 56.9 Å². The molecule has 2 aromatic carbocycles. The van der Waals surface area contributed by atoms with E-state index in [2.05, 4.69) is 10.2 Å². The molecule has 0 unspecified atom stereocenters. The van der Waals surface area contributed by atoms with Gasteiger partial charge >= 0.3 is 0 Å². The second-order valence-corrected chi connectivity index (χ2v) is 9.49. The number of aliphatic hydroxyl groups is 1. The number of halogens is 2. The molecule has 2 heterocycles. The van der Waals surface area contributed by atoms with Gasteiger partial charge in [0.25, 0.3) is 0 Å². The number of methoxy groups -OCH3 is 1. The summed E-state index contributed by atoms with van der Waals surface area (Å²) in [6, 6.07) is 8.96. The molecule has 2 N–H and O–H groups in total. The fourth-order valence-electron chi connectivity index (χ4n) is 4.46. The Morgan fingerprint density at radius 1 is 1.24 bits per heavy atom. The molecule has 4 rings (SSSR count). The predicted molar refractivity (Wildman–Crippen MR) is 128 cm³/mol. The first-order chi connectivity index (χ1) is 15.8. The number of β-amino-alcohol motifs (C(OH)–C–C–N with tert-alkyl or cyclic N) is 1. The fourth-order valence-corrected chi connectivity index (χ4v) is 4.89. The van der Waals surface area contributed by atoms with Gasteiger partial charge < -0.3 is 29.5 Å². The zero-order valence-electron chi connectivity index (χ0n) is 18.7. The summed E-state index contributed by atoms with van der Waals surface area (Å²) >= 11 is 12.3. The summed E-state index contributed by atoms with van der Waals surface area (Å²) in [5.74, 6) is 1.49. The molecule has 7 nitrogen and oxygen atoms in total. The maximum Gasteiger partial charge on any atom is 0.221 e. The molecule has 0 saturated carbocycles. The lowest BCUT2D eigenvalue weighted by atomic mass is 9.87. The number of benzene rings is 2. The summed E-state index contributed by atoms with van der Waals surface area (Å²) in [4.78, 5) is 13.7. The van der Waals surface area contributed by atoms with Crippen LogP contribution in [0.2, 0.25) is 10.0 Å². The first-order valence-corrected chi connectivity index (χ1v) is 11.7. The van der Waals surface area contributed by atoms with Gasteiger partial charge in [-0.05, 0) is 29.8 Å². The third kappa shape index (κ3) is 5.66. The van der Waals surface area contributed by atoms with Gasteiger partial charge in [-0.15, -0.1) is 0 Å². The van der Waals surface area contributed by atoms with E-state index in [0.717, 1.165) is 48.7 Å². The van der Waals surface area contributed by atoms with Crippen LogP contribution in [0.25, 0.3) is 0 Å². The first-order valence-electron chi connectivity index (χ1n) is 10.9. The molecule has 33 heavy (non-hydrogen) atoms. The molecule has 1 saturated heterocycles. The molecule has 2 aliphatic heterocycles. The molecular formula is C24H28Cl2N2O5. The van der Waals surface area contributed by atoms with Crippen molar-refractivity contribution in [2.75, 3.05) is 38.7 Å².